The maximum Gasteiger partial charge on any atom is 0.255 e. The summed E-state index contributed by atoms with van der Waals surface area (Å²) in [5.41, 5.74) is 3.15. The van der Waals surface area contributed by atoms with Crippen molar-refractivity contribution >= 4 is 29.0 Å². The third-order valence-corrected chi connectivity index (χ3v) is 3.82. The van der Waals surface area contributed by atoms with Crippen molar-refractivity contribution in [1.29, 1.82) is 0 Å². The quantitative estimate of drug-likeness (QED) is 0.741. The number of hydrogen-bond acceptors (Lipinski definition) is 4. The zero-order chi connectivity index (χ0) is 17.5. The van der Waals surface area contributed by atoms with Gasteiger partial charge in [-0.1, -0.05) is 17.7 Å². The lowest BCUT2D eigenvalue weighted by atomic mass is 10.1. The van der Waals surface area contributed by atoms with Crippen molar-refractivity contribution in [2.75, 3.05) is 30.9 Å². The first-order valence-corrected chi connectivity index (χ1v) is 8.16. The number of halogens is 1. The van der Waals surface area contributed by atoms with Gasteiger partial charge in [0.05, 0.1) is 10.7 Å². The van der Waals surface area contributed by atoms with Crippen molar-refractivity contribution in [3.63, 3.8) is 0 Å². The van der Waals surface area contributed by atoms with Crippen LogP contribution < -0.4 is 10.6 Å². The van der Waals surface area contributed by atoms with Crippen LogP contribution >= 0.6 is 11.6 Å². The van der Waals surface area contributed by atoms with Crippen molar-refractivity contribution in [1.82, 2.24) is 4.98 Å². The molecule has 1 heterocycles. The van der Waals surface area contributed by atoms with Crippen LogP contribution in [0.5, 0.6) is 0 Å². The number of aryl methyl sites for hydroxylation is 2. The highest BCUT2D eigenvalue weighted by molar-refractivity contribution is 6.34. The summed E-state index contributed by atoms with van der Waals surface area (Å²) < 4.78 is 5.00. The van der Waals surface area contributed by atoms with E-state index in [-0.39, 0.29) is 5.91 Å². The molecule has 0 saturated heterocycles. The smallest absolute Gasteiger partial charge is 0.255 e. The van der Waals surface area contributed by atoms with Gasteiger partial charge in [-0.05, 0) is 49.6 Å². The van der Waals surface area contributed by atoms with Gasteiger partial charge in [-0.15, -0.1) is 0 Å². The van der Waals surface area contributed by atoms with E-state index in [2.05, 4.69) is 15.6 Å². The molecule has 0 bridgehead atoms. The lowest BCUT2D eigenvalue weighted by molar-refractivity contribution is 0.102. The number of benzene rings is 1. The van der Waals surface area contributed by atoms with Crippen molar-refractivity contribution in [3.05, 3.63) is 52.2 Å². The van der Waals surface area contributed by atoms with Gasteiger partial charge in [-0.2, -0.15) is 0 Å². The minimum atomic E-state index is -0.216. The molecule has 0 aliphatic rings. The van der Waals surface area contributed by atoms with Crippen molar-refractivity contribution in [2.24, 2.45) is 0 Å². The van der Waals surface area contributed by atoms with E-state index < -0.39 is 0 Å². The fourth-order valence-corrected chi connectivity index (χ4v) is 2.73. The second kappa shape index (κ2) is 8.66. The van der Waals surface area contributed by atoms with Crippen LogP contribution in [0.1, 0.15) is 27.9 Å². The molecule has 0 saturated carbocycles. The number of carbonyl (C=O) groups is 1. The average Bonchev–Trinajstić information content (AvgIpc) is 2.55. The average molecular weight is 348 g/mol. The number of rotatable bonds is 7. The topological polar surface area (TPSA) is 63.2 Å². The van der Waals surface area contributed by atoms with Gasteiger partial charge in [0.25, 0.3) is 5.91 Å². The molecule has 128 valence electrons. The van der Waals surface area contributed by atoms with Gasteiger partial charge >= 0.3 is 0 Å². The maximum atomic E-state index is 12.5. The van der Waals surface area contributed by atoms with Crippen molar-refractivity contribution in [3.8, 4) is 0 Å². The molecule has 0 radical (unpaired) electrons. The highest BCUT2D eigenvalue weighted by Gasteiger charge is 2.12. The summed E-state index contributed by atoms with van der Waals surface area (Å²) in [7, 11) is 1.67. The molecule has 5 nitrogen and oxygen atoms in total. The lowest BCUT2D eigenvalue weighted by Crippen LogP contribution is -2.14. The van der Waals surface area contributed by atoms with E-state index in [9.17, 15) is 4.79 Å². The summed E-state index contributed by atoms with van der Waals surface area (Å²) in [6, 6.07) is 7.21. The fourth-order valence-electron chi connectivity index (χ4n) is 2.36. The van der Waals surface area contributed by atoms with Crippen LogP contribution in [0.4, 0.5) is 11.5 Å². The van der Waals surface area contributed by atoms with Gasteiger partial charge in [0.15, 0.2) is 0 Å². The Morgan fingerprint density at radius 1 is 1.29 bits per heavy atom. The first-order chi connectivity index (χ1) is 11.5. The third kappa shape index (κ3) is 4.94. The molecule has 1 amide bonds. The molecule has 6 heteroatoms. The van der Waals surface area contributed by atoms with Crippen LogP contribution in [0.2, 0.25) is 5.02 Å². The Bertz CT molecular complexity index is 696. The predicted molar refractivity (Wildman–Crippen MR) is 98.1 cm³/mol. The number of methoxy groups -OCH3 is 1. The fraction of sp³-hybridized carbons (Fsp3) is 0.333. The molecule has 1 aromatic heterocycles. The van der Waals surface area contributed by atoms with E-state index in [1.807, 2.05) is 26.0 Å². The van der Waals surface area contributed by atoms with E-state index in [1.54, 1.807) is 25.4 Å². The van der Waals surface area contributed by atoms with E-state index in [1.165, 1.54) is 0 Å². The Labute approximate surface area is 147 Å². The molecule has 24 heavy (non-hydrogen) atoms. The van der Waals surface area contributed by atoms with Crippen LogP contribution in [-0.4, -0.2) is 31.2 Å². The number of pyridine rings is 1. The number of ether oxygens (including phenoxy) is 1. The largest absolute Gasteiger partial charge is 0.385 e. The second-order valence-electron chi connectivity index (χ2n) is 5.60. The third-order valence-electron chi connectivity index (χ3n) is 3.52. The van der Waals surface area contributed by atoms with E-state index in [4.69, 9.17) is 16.3 Å². The maximum absolute atomic E-state index is 12.5. The van der Waals surface area contributed by atoms with Crippen LogP contribution in [0.15, 0.2) is 30.5 Å². The molecule has 0 fully saturated rings. The Morgan fingerprint density at radius 3 is 2.79 bits per heavy atom. The SMILES string of the molecule is COCCCNc1cc(C(=O)Nc2c(C)cc(C)cc2Cl)ccn1. The summed E-state index contributed by atoms with van der Waals surface area (Å²) in [6.45, 7) is 5.30. The molecule has 2 aromatic rings. The Balaban J connectivity index is 2.07. The minimum absolute atomic E-state index is 0.216. The van der Waals surface area contributed by atoms with Gasteiger partial charge < -0.3 is 15.4 Å². The summed E-state index contributed by atoms with van der Waals surface area (Å²) >= 11 is 6.24. The molecule has 0 spiro atoms. The summed E-state index contributed by atoms with van der Waals surface area (Å²) in [6.07, 6.45) is 2.48. The van der Waals surface area contributed by atoms with Gasteiger partial charge in [0, 0.05) is 32.0 Å². The molecular weight excluding hydrogens is 326 g/mol. The molecule has 0 unspecified atom stereocenters. The van der Waals surface area contributed by atoms with Crippen LogP contribution in [0.25, 0.3) is 0 Å². The summed E-state index contributed by atoms with van der Waals surface area (Å²) in [5, 5.41) is 6.59. The van der Waals surface area contributed by atoms with Gasteiger partial charge in [0.1, 0.15) is 5.82 Å². The monoisotopic (exact) mass is 347 g/mol. The number of anilines is 2. The normalized spacial score (nSPS) is 10.5. The first kappa shape index (κ1) is 18.2. The van der Waals surface area contributed by atoms with Crippen molar-refractivity contribution in [2.45, 2.75) is 20.3 Å². The molecule has 0 aliphatic heterocycles. The summed E-state index contributed by atoms with van der Waals surface area (Å²) in [4.78, 5) is 16.7. The zero-order valence-corrected chi connectivity index (χ0v) is 14.9. The Kier molecular flexibility index (Phi) is 6.58. The molecule has 0 atom stereocenters. The van der Waals surface area contributed by atoms with Gasteiger partial charge in [0.2, 0.25) is 0 Å². The van der Waals surface area contributed by atoms with Crippen molar-refractivity contribution < 1.29 is 9.53 Å². The van der Waals surface area contributed by atoms with E-state index in [0.717, 1.165) is 24.1 Å². The molecule has 2 N–H and O–H groups in total. The number of carbonyl (C=O) groups excluding carboxylic acids is 1. The van der Waals surface area contributed by atoms with Gasteiger partial charge in [-0.3, -0.25) is 4.79 Å². The highest BCUT2D eigenvalue weighted by atomic mass is 35.5. The van der Waals surface area contributed by atoms with E-state index in [0.29, 0.717) is 28.7 Å². The van der Waals surface area contributed by atoms with Crippen LogP contribution in [0.3, 0.4) is 0 Å². The number of nitrogens with one attached hydrogen (secondary N) is 2. The standard InChI is InChI=1S/C18H22ClN3O2/c1-12-9-13(2)17(15(19)10-12)22-18(23)14-5-7-21-16(11-14)20-6-4-8-24-3/h5,7,9-11H,4,6,8H2,1-3H3,(H,20,21)(H,22,23). The number of nitrogens with zero attached hydrogens (tertiary/aromatic N) is 1. The second-order valence-corrected chi connectivity index (χ2v) is 6.00. The predicted octanol–water partition coefficient (Wildman–Crippen LogP) is 4.05. The highest BCUT2D eigenvalue weighted by Crippen LogP contribution is 2.27. The number of amides is 1. The molecular formula is C18H22ClN3O2. The summed E-state index contributed by atoms with van der Waals surface area (Å²) in [5.74, 6) is 0.441. The lowest BCUT2D eigenvalue weighted by Gasteiger charge is -2.12. The zero-order valence-electron chi connectivity index (χ0n) is 14.1. The Hall–Kier alpha value is -2.11. The van der Waals surface area contributed by atoms with Crippen LogP contribution in [0, 0.1) is 13.8 Å². The first-order valence-electron chi connectivity index (χ1n) is 7.78. The number of aromatic nitrogens is 1. The Morgan fingerprint density at radius 2 is 2.08 bits per heavy atom. The van der Waals surface area contributed by atoms with Crippen LogP contribution in [-0.2, 0) is 4.74 Å². The van der Waals surface area contributed by atoms with E-state index >= 15 is 0 Å². The number of hydrogen-bond donors (Lipinski definition) is 2. The molecule has 0 aliphatic carbocycles. The van der Waals surface area contributed by atoms with Gasteiger partial charge in [-0.25, -0.2) is 4.98 Å². The minimum Gasteiger partial charge on any atom is -0.385 e. The molecule has 2 rings (SSSR count). The molecule has 1 aromatic carbocycles.